The maximum atomic E-state index is 5.65. The second-order valence-corrected chi connectivity index (χ2v) is 2.81. The van der Waals surface area contributed by atoms with E-state index in [0.29, 0.717) is 0 Å². The van der Waals surface area contributed by atoms with Gasteiger partial charge in [-0.1, -0.05) is 0 Å². The van der Waals surface area contributed by atoms with E-state index in [1.54, 1.807) is 0 Å². The fraction of sp³-hybridized carbons (Fsp3) is 1.00. The van der Waals surface area contributed by atoms with Crippen LogP contribution < -0.4 is 10.6 Å². The Morgan fingerprint density at radius 1 is 1.12 bits per heavy atom. The van der Waals surface area contributed by atoms with Crippen LogP contribution in [0.4, 0.5) is 0 Å². The first-order chi connectivity index (χ1) is 3.79. The van der Waals surface area contributed by atoms with E-state index < -0.39 is 0 Å². The van der Waals surface area contributed by atoms with Gasteiger partial charge >= 0.3 is 0 Å². The van der Waals surface area contributed by atoms with Crippen molar-refractivity contribution in [3.05, 3.63) is 0 Å². The Morgan fingerprint density at radius 2 is 1.62 bits per heavy atom. The monoisotopic (exact) mass is 154 g/mol. The van der Waals surface area contributed by atoms with Crippen molar-refractivity contribution in [1.29, 1.82) is 0 Å². The molecule has 2 N–H and O–H groups in total. The summed E-state index contributed by atoms with van der Waals surface area (Å²) in [4.78, 5) is 0. The number of rotatable bonds is 0. The predicted octanol–water partition coefficient (Wildman–Crippen LogP) is 0.309. The molecule has 2 nitrogen and oxygen atoms in total. The number of hydrogen-bond donors (Lipinski definition) is 2. The predicted molar refractivity (Wildman–Crippen MR) is 35.3 cm³/mol. The summed E-state index contributed by atoms with van der Waals surface area (Å²) in [5.74, 6) is 0. The van der Waals surface area contributed by atoms with Gasteiger partial charge in [0.2, 0.25) is 0 Å². The molecule has 0 aromatic heterocycles. The molecule has 0 unspecified atom stereocenters. The summed E-state index contributed by atoms with van der Waals surface area (Å²) in [7, 11) is 0. The SMILES string of the molecule is Cl[C@@H]1CNC[C@@H](Cl)N1. The Bertz CT molecular complexity index is 70.4. The van der Waals surface area contributed by atoms with E-state index in [2.05, 4.69) is 10.6 Å². The van der Waals surface area contributed by atoms with Crippen molar-refractivity contribution < 1.29 is 0 Å². The van der Waals surface area contributed by atoms with E-state index >= 15 is 0 Å². The highest BCUT2D eigenvalue weighted by atomic mass is 35.5. The molecule has 1 aliphatic heterocycles. The number of alkyl halides is 2. The third-order valence-corrected chi connectivity index (χ3v) is 1.57. The summed E-state index contributed by atoms with van der Waals surface area (Å²) in [6.07, 6.45) is 0. The Labute approximate surface area is 58.5 Å². The van der Waals surface area contributed by atoms with E-state index in [4.69, 9.17) is 23.2 Å². The van der Waals surface area contributed by atoms with Crippen LogP contribution in [-0.2, 0) is 0 Å². The number of piperazine rings is 1. The number of hydrogen-bond acceptors (Lipinski definition) is 2. The van der Waals surface area contributed by atoms with Crippen molar-refractivity contribution in [2.75, 3.05) is 13.1 Å². The van der Waals surface area contributed by atoms with Crippen LogP contribution in [0, 0.1) is 0 Å². The summed E-state index contributed by atoms with van der Waals surface area (Å²) < 4.78 is 0. The zero-order valence-electron chi connectivity index (χ0n) is 4.32. The number of halogens is 2. The summed E-state index contributed by atoms with van der Waals surface area (Å²) in [5, 5.41) is 6.01. The van der Waals surface area contributed by atoms with E-state index in [-0.39, 0.29) is 11.0 Å². The van der Waals surface area contributed by atoms with E-state index in [1.165, 1.54) is 0 Å². The van der Waals surface area contributed by atoms with Crippen LogP contribution in [0.25, 0.3) is 0 Å². The lowest BCUT2D eigenvalue weighted by Crippen LogP contribution is -2.49. The van der Waals surface area contributed by atoms with Crippen molar-refractivity contribution in [2.45, 2.75) is 11.0 Å². The lowest BCUT2D eigenvalue weighted by molar-refractivity contribution is 0.471. The summed E-state index contributed by atoms with van der Waals surface area (Å²) in [6, 6.07) is 0. The molecule has 8 heavy (non-hydrogen) atoms. The van der Waals surface area contributed by atoms with Gasteiger partial charge in [0, 0.05) is 13.1 Å². The van der Waals surface area contributed by atoms with Gasteiger partial charge in [-0.25, -0.2) is 0 Å². The fourth-order valence-corrected chi connectivity index (χ4v) is 1.24. The second-order valence-electron chi connectivity index (χ2n) is 1.76. The van der Waals surface area contributed by atoms with Gasteiger partial charge in [-0.15, -0.1) is 23.2 Å². The molecule has 1 heterocycles. The fourth-order valence-electron chi connectivity index (χ4n) is 0.651. The molecule has 0 radical (unpaired) electrons. The Morgan fingerprint density at radius 3 is 1.88 bits per heavy atom. The van der Waals surface area contributed by atoms with Gasteiger partial charge in [0.15, 0.2) is 0 Å². The van der Waals surface area contributed by atoms with E-state index in [9.17, 15) is 0 Å². The molecule has 48 valence electrons. The summed E-state index contributed by atoms with van der Waals surface area (Å²) in [6.45, 7) is 1.59. The second kappa shape index (κ2) is 2.87. The highest BCUT2D eigenvalue weighted by Crippen LogP contribution is 2.00. The first kappa shape index (κ1) is 6.62. The molecule has 0 saturated carbocycles. The quantitative estimate of drug-likeness (QED) is 0.388. The van der Waals surface area contributed by atoms with Gasteiger partial charge in [0.1, 0.15) is 0 Å². The molecule has 4 heteroatoms. The highest BCUT2D eigenvalue weighted by molar-refractivity contribution is 6.23. The molecular weight excluding hydrogens is 147 g/mol. The minimum Gasteiger partial charge on any atom is -0.311 e. The maximum absolute atomic E-state index is 5.65. The van der Waals surface area contributed by atoms with Crippen molar-refractivity contribution in [1.82, 2.24) is 10.6 Å². The van der Waals surface area contributed by atoms with Crippen molar-refractivity contribution in [2.24, 2.45) is 0 Å². The minimum atomic E-state index is -0.00810. The molecule has 0 bridgehead atoms. The molecule has 0 amide bonds. The van der Waals surface area contributed by atoms with Crippen LogP contribution in [0.5, 0.6) is 0 Å². The molecule has 1 aliphatic rings. The maximum Gasteiger partial charge on any atom is 0.0963 e. The standard InChI is InChI=1S/C4H8Cl2N2/c5-3-1-7-2-4(6)8-3/h3-4,7-8H,1-2H2/t3-,4-/m0/s1. The van der Waals surface area contributed by atoms with Crippen LogP contribution in [0.1, 0.15) is 0 Å². The topological polar surface area (TPSA) is 24.1 Å². The van der Waals surface area contributed by atoms with Gasteiger partial charge in [0.05, 0.1) is 11.0 Å². The normalized spacial score (nSPS) is 39.8. The summed E-state index contributed by atoms with van der Waals surface area (Å²) in [5.41, 5.74) is -0.0162. The van der Waals surface area contributed by atoms with Crippen LogP contribution in [-0.4, -0.2) is 24.1 Å². The van der Waals surface area contributed by atoms with Crippen molar-refractivity contribution in [3.63, 3.8) is 0 Å². The first-order valence-corrected chi connectivity index (χ1v) is 3.41. The highest BCUT2D eigenvalue weighted by Gasteiger charge is 2.14. The van der Waals surface area contributed by atoms with Crippen LogP contribution >= 0.6 is 23.2 Å². The molecule has 1 rings (SSSR count). The van der Waals surface area contributed by atoms with Crippen LogP contribution in [0.15, 0.2) is 0 Å². The molecule has 1 saturated heterocycles. The molecule has 0 aromatic carbocycles. The average molecular weight is 155 g/mol. The Kier molecular flexibility index (Phi) is 2.38. The first-order valence-electron chi connectivity index (χ1n) is 2.54. The largest absolute Gasteiger partial charge is 0.311 e. The molecule has 2 atom stereocenters. The summed E-state index contributed by atoms with van der Waals surface area (Å²) >= 11 is 11.3. The zero-order chi connectivity index (χ0) is 5.98. The van der Waals surface area contributed by atoms with Crippen molar-refractivity contribution >= 4 is 23.2 Å². The van der Waals surface area contributed by atoms with Crippen LogP contribution in [0.3, 0.4) is 0 Å². The minimum absolute atomic E-state index is 0.00810. The third kappa shape index (κ3) is 1.78. The Hall–Kier alpha value is 0.500. The molecule has 0 spiro atoms. The lowest BCUT2D eigenvalue weighted by atomic mass is 10.4. The van der Waals surface area contributed by atoms with Gasteiger partial charge in [0.25, 0.3) is 0 Å². The molecular formula is C4H8Cl2N2. The number of nitrogens with one attached hydrogen (secondary N) is 2. The lowest BCUT2D eigenvalue weighted by Gasteiger charge is -2.23. The van der Waals surface area contributed by atoms with Gasteiger partial charge in [-0.3, -0.25) is 5.32 Å². The van der Waals surface area contributed by atoms with Crippen LogP contribution in [0.2, 0.25) is 0 Å². The van der Waals surface area contributed by atoms with E-state index in [1.807, 2.05) is 0 Å². The third-order valence-electron chi connectivity index (χ3n) is 1.01. The zero-order valence-corrected chi connectivity index (χ0v) is 5.84. The van der Waals surface area contributed by atoms with Gasteiger partial charge in [-0.05, 0) is 0 Å². The van der Waals surface area contributed by atoms with Crippen molar-refractivity contribution in [3.8, 4) is 0 Å². The smallest absolute Gasteiger partial charge is 0.0963 e. The van der Waals surface area contributed by atoms with Gasteiger partial charge < -0.3 is 5.32 Å². The molecule has 1 fully saturated rings. The Balaban J connectivity index is 2.23. The van der Waals surface area contributed by atoms with E-state index in [0.717, 1.165) is 13.1 Å². The average Bonchev–Trinajstić information content (AvgIpc) is 1.64. The van der Waals surface area contributed by atoms with Gasteiger partial charge in [-0.2, -0.15) is 0 Å². The molecule has 0 aromatic rings. The molecule has 0 aliphatic carbocycles.